The molecule has 1 heterocycles. The highest BCUT2D eigenvalue weighted by atomic mass is 79.9. The highest BCUT2D eigenvalue weighted by molar-refractivity contribution is 9.10. The van der Waals surface area contributed by atoms with E-state index in [2.05, 4.69) is 30.8 Å². The molecule has 0 aliphatic carbocycles. The number of hydrazone groups is 1. The Hall–Kier alpha value is -1.73. The minimum absolute atomic E-state index is 0.175. The minimum atomic E-state index is -3.65. The molecule has 7 heteroatoms. The van der Waals surface area contributed by atoms with Gasteiger partial charge in [0.2, 0.25) is 0 Å². The van der Waals surface area contributed by atoms with Gasteiger partial charge in [0, 0.05) is 22.4 Å². The molecule has 0 unspecified atom stereocenters. The molecule has 0 amide bonds. The van der Waals surface area contributed by atoms with E-state index in [-0.39, 0.29) is 4.90 Å². The summed E-state index contributed by atoms with van der Waals surface area (Å²) in [5.74, 6) is 0. The largest absolute Gasteiger partial charge is 0.276 e. The SMILES string of the molecule is Cc1ccc(S(=O)(=O)NN=Cc2cncc(Br)c2C)cc1. The molecule has 2 aromatic rings. The van der Waals surface area contributed by atoms with Crippen molar-refractivity contribution in [1.82, 2.24) is 9.82 Å². The summed E-state index contributed by atoms with van der Waals surface area (Å²) in [5, 5.41) is 3.79. The van der Waals surface area contributed by atoms with Crippen LogP contribution >= 0.6 is 15.9 Å². The highest BCUT2D eigenvalue weighted by Gasteiger charge is 2.11. The van der Waals surface area contributed by atoms with Crippen molar-refractivity contribution in [1.29, 1.82) is 0 Å². The first-order chi connectivity index (χ1) is 9.90. The summed E-state index contributed by atoms with van der Waals surface area (Å²) in [6.45, 7) is 3.78. The number of aryl methyl sites for hydroxylation is 1. The Morgan fingerprint density at radius 2 is 1.86 bits per heavy atom. The van der Waals surface area contributed by atoms with E-state index in [1.165, 1.54) is 6.21 Å². The lowest BCUT2D eigenvalue weighted by Crippen LogP contribution is -2.18. The lowest BCUT2D eigenvalue weighted by atomic mass is 10.2. The molecular formula is C14H14BrN3O2S. The van der Waals surface area contributed by atoms with Crippen LogP contribution in [-0.2, 0) is 10.0 Å². The molecule has 0 aliphatic heterocycles. The van der Waals surface area contributed by atoms with Crippen LogP contribution in [0, 0.1) is 13.8 Å². The summed E-state index contributed by atoms with van der Waals surface area (Å²) >= 11 is 3.36. The summed E-state index contributed by atoms with van der Waals surface area (Å²) in [5.41, 5.74) is 2.66. The van der Waals surface area contributed by atoms with Gasteiger partial charge in [0.25, 0.3) is 10.0 Å². The van der Waals surface area contributed by atoms with Crippen LogP contribution in [0.2, 0.25) is 0 Å². The van der Waals surface area contributed by atoms with E-state index in [1.807, 2.05) is 13.8 Å². The summed E-state index contributed by atoms with van der Waals surface area (Å²) in [6, 6.07) is 6.56. The van der Waals surface area contributed by atoms with Crippen LogP contribution < -0.4 is 4.83 Å². The third-order valence-corrected chi connectivity index (χ3v) is 4.94. The van der Waals surface area contributed by atoms with E-state index in [4.69, 9.17) is 0 Å². The quantitative estimate of drug-likeness (QED) is 0.666. The second kappa shape index (κ2) is 6.36. The molecule has 1 N–H and O–H groups in total. The summed E-state index contributed by atoms with van der Waals surface area (Å²) in [6.07, 6.45) is 4.71. The maximum absolute atomic E-state index is 12.0. The lowest BCUT2D eigenvalue weighted by molar-refractivity contribution is 0.584. The van der Waals surface area contributed by atoms with Gasteiger partial charge < -0.3 is 0 Å². The van der Waals surface area contributed by atoms with Gasteiger partial charge in [0.15, 0.2) is 0 Å². The molecule has 5 nitrogen and oxygen atoms in total. The van der Waals surface area contributed by atoms with E-state index in [1.54, 1.807) is 36.7 Å². The number of aromatic nitrogens is 1. The number of rotatable bonds is 4. The van der Waals surface area contributed by atoms with Crippen LogP contribution in [0.15, 0.2) is 51.1 Å². The van der Waals surface area contributed by atoms with Gasteiger partial charge in [-0.15, -0.1) is 0 Å². The Bertz CT molecular complexity index is 771. The Balaban J connectivity index is 2.16. The van der Waals surface area contributed by atoms with Crippen LogP contribution in [0.25, 0.3) is 0 Å². The van der Waals surface area contributed by atoms with Gasteiger partial charge in [0.1, 0.15) is 0 Å². The van der Waals surface area contributed by atoms with Gasteiger partial charge in [0.05, 0.1) is 11.1 Å². The molecule has 1 aromatic heterocycles. The summed E-state index contributed by atoms with van der Waals surface area (Å²) < 4.78 is 24.9. The number of halogens is 1. The molecule has 0 radical (unpaired) electrons. The maximum Gasteiger partial charge on any atom is 0.276 e. The lowest BCUT2D eigenvalue weighted by Gasteiger charge is -2.04. The molecule has 110 valence electrons. The van der Waals surface area contributed by atoms with Crippen molar-refractivity contribution in [3.63, 3.8) is 0 Å². The Kier molecular flexibility index (Phi) is 4.74. The van der Waals surface area contributed by atoms with Crippen molar-refractivity contribution in [2.75, 3.05) is 0 Å². The molecule has 1 aromatic carbocycles. The predicted octanol–water partition coefficient (Wildman–Crippen LogP) is 2.77. The number of hydrogen-bond donors (Lipinski definition) is 1. The van der Waals surface area contributed by atoms with Crippen molar-refractivity contribution < 1.29 is 8.42 Å². The first kappa shape index (κ1) is 15.7. The number of pyridine rings is 1. The van der Waals surface area contributed by atoms with Gasteiger partial charge in [-0.1, -0.05) is 17.7 Å². The average molecular weight is 368 g/mol. The van der Waals surface area contributed by atoms with E-state index in [0.29, 0.717) is 0 Å². The fourth-order valence-electron chi connectivity index (χ4n) is 1.58. The van der Waals surface area contributed by atoms with Crippen molar-refractivity contribution in [3.8, 4) is 0 Å². The molecule has 2 rings (SSSR count). The van der Waals surface area contributed by atoms with Gasteiger partial charge >= 0.3 is 0 Å². The predicted molar refractivity (Wildman–Crippen MR) is 85.8 cm³/mol. The number of hydrogen-bond acceptors (Lipinski definition) is 4. The molecule has 0 saturated heterocycles. The van der Waals surface area contributed by atoms with Gasteiger partial charge in [-0.2, -0.15) is 13.5 Å². The first-order valence-corrected chi connectivity index (χ1v) is 8.39. The minimum Gasteiger partial charge on any atom is -0.263 e. The van der Waals surface area contributed by atoms with Crippen LogP contribution in [0.3, 0.4) is 0 Å². The molecular weight excluding hydrogens is 354 g/mol. The first-order valence-electron chi connectivity index (χ1n) is 6.12. The molecule has 0 aliphatic rings. The van der Waals surface area contributed by atoms with Crippen molar-refractivity contribution in [3.05, 3.63) is 57.8 Å². The normalized spacial score (nSPS) is 11.8. The fraction of sp³-hybridized carbons (Fsp3) is 0.143. The topological polar surface area (TPSA) is 71.4 Å². The fourth-order valence-corrected chi connectivity index (χ4v) is 2.72. The Morgan fingerprint density at radius 1 is 1.19 bits per heavy atom. The number of nitrogens with one attached hydrogen (secondary N) is 1. The number of nitrogens with zero attached hydrogens (tertiary/aromatic N) is 2. The van der Waals surface area contributed by atoms with Crippen LogP contribution in [-0.4, -0.2) is 19.6 Å². The number of benzene rings is 1. The Morgan fingerprint density at radius 3 is 2.52 bits per heavy atom. The van der Waals surface area contributed by atoms with Crippen molar-refractivity contribution >= 4 is 32.2 Å². The van der Waals surface area contributed by atoms with Gasteiger partial charge in [-0.05, 0) is 47.5 Å². The van der Waals surface area contributed by atoms with Crippen LogP contribution in [0.1, 0.15) is 16.7 Å². The van der Waals surface area contributed by atoms with E-state index < -0.39 is 10.0 Å². The second-order valence-electron chi connectivity index (χ2n) is 4.50. The molecule has 0 saturated carbocycles. The average Bonchev–Trinajstić information content (AvgIpc) is 2.44. The third kappa shape index (κ3) is 3.89. The molecule has 21 heavy (non-hydrogen) atoms. The zero-order valence-electron chi connectivity index (χ0n) is 11.5. The molecule has 0 atom stereocenters. The van der Waals surface area contributed by atoms with Gasteiger partial charge in [-0.3, -0.25) is 4.98 Å². The molecule has 0 bridgehead atoms. The molecule has 0 fully saturated rings. The van der Waals surface area contributed by atoms with Crippen molar-refractivity contribution in [2.45, 2.75) is 18.7 Å². The van der Waals surface area contributed by atoms with E-state index in [0.717, 1.165) is 21.2 Å². The molecule has 0 spiro atoms. The van der Waals surface area contributed by atoms with E-state index >= 15 is 0 Å². The number of sulfonamides is 1. The summed E-state index contributed by atoms with van der Waals surface area (Å²) in [4.78, 5) is 6.38. The monoisotopic (exact) mass is 367 g/mol. The van der Waals surface area contributed by atoms with Gasteiger partial charge in [-0.25, -0.2) is 4.83 Å². The standard InChI is InChI=1S/C14H14BrN3O2S/c1-10-3-5-13(6-4-10)21(19,20)18-17-8-12-7-16-9-14(15)11(12)2/h3-9,18H,1-2H3. The smallest absolute Gasteiger partial charge is 0.263 e. The van der Waals surface area contributed by atoms with Crippen LogP contribution in [0.5, 0.6) is 0 Å². The summed E-state index contributed by atoms with van der Waals surface area (Å²) in [7, 11) is -3.65. The highest BCUT2D eigenvalue weighted by Crippen LogP contribution is 2.16. The second-order valence-corrected chi connectivity index (χ2v) is 7.02. The van der Waals surface area contributed by atoms with Crippen LogP contribution in [0.4, 0.5) is 0 Å². The van der Waals surface area contributed by atoms with E-state index in [9.17, 15) is 8.42 Å². The zero-order valence-corrected chi connectivity index (χ0v) is 13.9. The van der Waals surface area contributed by atoms with Crippen molar-refractivity contribution in [2.24, 2.45) is 5.10 Å². The Labute approximate surface area is 132 Å². The third-order valence-electron chi connectivity index (χ3n) is 2.90. The maximum atomic E-state index is 12.0. The zero-order chi connectivity index (χ0) is 15.5.